The maximum Gasteiger partial charge on any atom is 0.258 e. The first kappa shape index (κ1) is 20.2. The Hall–Kier alpha value is -2.12. The fourth-order valence-corrected chi connectivity index (χ4v) is 4.82. The molecule has 0 saturated carbocycles. The number of furan rings is 1. The third kappa shape index (κ3) is 4.90. The van der Waals surface area contributed by atoms with Crippen LogP contribution < -0.4 is 14.8 Å². The molecule has 4 rings (SSSR count). The number of hydrogen-bond donors (Lipinski definition) is 1. The van der Waals surface area contributed by atoms with Crippen LogP contribution in [0.5, 0.6) is 11.5 Å². The smallest absolute Gasteiger partial charge is 0.258 e. The number of amides is 1. The summed E-state index contributed by atoms with van der Waals surface area (Å²) in [6, 6.07) is 9.75. The van der Waals surface area contributed by atoms with Gasteiger partial charge < -0.3 is 19.2 Å². The first-order chi connectivity index (χ1) is 14.0. The van der Waals surface area contributed by atoms with Gasteiger partial charge in [-0.05, 0) is 32.0 Å². The number of carbonyl (C=O) groups is 1. The summed E-state index contributed by atoms with van der Waals surface area (Å²) in [5.74, 6) is 4.31. The van der Waals surface area contributed by atoms with E-state index in [1.807, 2.05) is 42.1 Å². The van der Waals surface area contributed by atoms with E-state index in [1.165, 1.54) is 0 Å². The molecule has 2 aliphatic rings. The van der Waals surface area contributed by atoms with Crippen molar-refractivity contribution in [3.63, 3.8) is 0 Å². The molecule has 1 unspecified atom stereocenters. The van der Waals surface area contributed by atoms with Gasteiger partial charge in [0.25, 0.3) is 5.91 Å². The van der Waals surface area contributed by atoms with Gasteiger partial charge in [-0.2, -0.15) is 11.8 Å². The number of benzene rings is 1. The number of fused-ring (bicyclic) bond motifs is 1. The molecule has 1 atom stereocenters. The van der Waals surface area contributed by atoms with E-state index in [1.54, 1.807) is 6.26 Å². The van der Waals surface area contributed by atoms with Gasteiger partial charge in [0.2, 0.25) is 0 Å². The summed E-state index contributed by atoms with van der Waals surface area (Å²) in [6.45, 7) is 6.55. The number of nitrogens with one attached hydrogen (secondary N) is 1. The molecule has 0 aliphatic carbocycles. The highest BCUT2D eigenvalue weighted by atomic mass is 32.2. The van der Waals surface area contributed by atoms with Crippen LogP contribution in [0.25, 0.3) is 0 Å². The standard InChI is InChI=1S/C22H28N2O4S/c1-22(2)13-16-5-3-6-19(21(16)28-22)27-15-20(25)23-14-17(18-7-4-10-26-18)24-8-11-29-12-9-24/h3-7,10,17H,8-9,11-15H2,1-2H3,(H,23,25). The molecular formula is C22H28N2O4S. The van der Waals surface area contributed by atoms with Crippen LogP contribution in [0.2, 0.25) is 0 Å². The second-order valence-electron chi connectivity index (χ2n) is 8.06. The first-order valence-corrected chi connectivity index (χ1v) is 11.2. The first-order valence-electron chi connectivity index (χ1n) is 10.1. The summed E-state index contributed by atoms with van der Waals surface area (Å²) in [6.07, 6.45) is 2.52. The molecule has 1 amide bonds. The van der Waals surface area contributed by atoms with Crippen molar-refractivity contribution in [3.05, 3.63) is 47.9 Å². The van der Waals surface area contributed by atoms with Gasteiger partial charge in [-0.25, -0.2) is 0 Å². The quantitative estimate of drug-likeness (QED) is 0.747. The van der Waals surface area contributed by atoms with Crippen LogP contribution in [0.4, 0.5) is 0 Å². The number of thioether (sulfide) groups is 1. The van der Waals surface area contributed by atoms with Gasteiger partial charge in [-0.15, -0.1) is 0 Å². The van der Waals surface area contributed by atoms with E-state index in [9.17, 15) is 4.79 Å². The summed E-state index contributed by atoms with van der Waals surface area (Å²) < 4.78 is 17.4. The highest BCUT2D eigenvalue weighted by molar-refractivity contribution is 7.99. The SMILES string of the molecule is CC1(C)Cc2cccc(OCC(=O)NCC(c3ccco3)N3CCSCC3)c2O1. The predicted octanol–water partition coefficient (Wildman–Crippen LogP) is 3.28. The highest BCUT2D eigenvalue weighted by Gasteiger charge is 2.32. The number of hydrogen-bond acceptors (Lipinski definition) is 6. The van der Waals surface area contributed by atoms with Crippen LogP contribution in [-0.2, 0) is 11.2 Å². The van der Waals surface area contributed by atoms with E-state index in [0.29, 0.717) is 12.3 Å². The molecule has 1 N–H and O–H groups in total. The van der Waals surface area contributed by atoms with Crippen LogP contribution in [-0.4, -0.2) is 54.2 Å². The number of nitrogens with zero attached hydrogens (tertiary/aromatic N) is 1. The molecule has 1 aromatic carbocycles. The third-order valence-electron chi connectivity index (χ3n) is 5.26. The predicted molar refractivity (Wildman–Crippen MR) is 114 cm³/mol. The molecule has 3 heterocycles. The van der Waals surface area contributed by atoms with Crippen molar-refractivity contribution in [2.45, 2.75) is 31.9 Å². The molecule has 1 saturated heterocycles. The van der Waals surface area contributed by atoms with Gasteiger partial charge in [-0.1, -0.05) is 12.1 Å². The van der Waals surface area contributed by atoms with Crippen molar-refractivity contribution in [1.29, 1.82) is 0 Å². The summed E-state index contributed by atoms with van der Waals surface area (Å²) in [5, 5.41) is 3.01. The fourth-order valence-electron chi connectivity index (χ4n) is 3.89. The maximum atomic E-state index is 12.5. The molecule has 1 aromatic heterocycles. The summed E-state index contributed by atoms with van der Waals surface area (Å²) >= 11 is 1.96. The molecule has 6 nitrogen and oxygen atoms in total. The van der Waals surface area contributed by atoms with E-state index in [0.717, 1.165) is 48.1 Å². The summed E-state index contributed by atoms with van der Waals surface area (Å²) in [5.41, 5.74) is 0.876. The minimum absolute atomic E-state index is 0.0407. The number of rotatable bonds is 7. The monoisotopic (exact) mass is 416 g/mol. The van der Waals surface area contributed by atoms with Crippen molar-refractivity contribution in [2.75, 3.05) is 37.7 Å². The molecular weight excluding hydrogens is 388 g/mol. The zero-order valence-corrected chi connectivity index (χ0v) is 17.8. The van der Waals surface area contributed by atoms with Crippen molar-refractivity contribution in [3.8, 4) is 11.5 Å². The number of ether oxygens (including phenoxy) is 2. The average molecular weight is 417 g/mol. The lowest BCUT2D eigenvalue weighted by Crippen LogP contribution is -2.42. The number of para-hydroxylation sites is 1. The van der Waals surface area contributed by atoms with Crippen molar-refractivity contribution in [1.82, 2.24) is 10.2 Å². The molecule has 0 spiro atoms. The number of carbonyl (C=O) groups excluding carboxylic acids is 1. The van der Waals surface area contributed by atoms with E-state index >= 15 is 0 Å². The van der Waals surface area contributed by atoms with Crippen LogP contribution >= 0.6 is 11.8 Å². The Morgan fingerprint density at radius 1 is 1.28 bits per heavy atom. The van der Waals surface area contributed by atoms with Gasteiger partial charge in [0.05, 0.1) is 12.3 Å². The van der Waals surface area contributed by atoms with Crippen LogP contribution in [0.15, 0.2) is 41.0 Å². The van der Waals surface area contributed by atoms with E-state index in [4.69, 9.17) is 13.9 Å². The topological polar surface area (TPSA) is 63.9 Å². The minimum atomic E-state index is -0.243. The Morgan fingerprint density at radius 3 is 2.86 bits per heavy atom. The van der Waals surface area contributed by atoms with Crippen molar-refractivity contribution < 1.29 is 18.7 Å². The molecule has 29 heavy (non-hydrogen) atoms. The van der Waals surface area contributed by atoms with Crippen LogP contribution in [0.3, 0.4) is 0 Å². The zero-order valence-electron chi connectivity index (χ0n) is 17.0. The van der Waals surface area contributed by atoms with Gasteiger partial charge in [-0.3, -0.25) is 9.69 Å². The molecule has 156 valence electrons. The molecule has 7 heteroatoms. The lowest BCUT2D eigenvalue weighted by molar-refractivity contribution is -0.123. The second kappa shape index (κ2) is 8.71. The Balaban J connectivity index is 1.33. The average Bonchev–Trinajstić information content (AvgIpc) is 3.34. The minimum Gasteiger partial charge on any atom is -0.483 e. The van der Waals surface area contributed by atoms with Gasteiger partial charge in [0.15, 0.2) is 18.1 Å². The largest absolute Gasteiger partial charge is 0.483 e. The van der Waals surface area contributed by atoms with E-state index < -0.39 is 0 Å². The Bertz CT molecular complexity index is 831. The summed E-state index contributed by atoms with van der Waals surface area (Å²) in [4.78, 5) is 14.8. The van der Waals surface area contributed by atoms with Gasteiger partial charge in [0, 0.05) is 43.1 Å². The second-order valence-corrected chi connectivity index (χ2v) is 9.28. The van der Waals surface area contributed by atoms with Crippen molar-refractivity contribution >= 4 is 17.7 Å². The third-order valence-corrected chi connectivity index (χ3v) is 6.21. The summed E-state index contributed by atoms with van der Waals surface area (Å²) in [7, 11) is 0. The maximum absolute atomic E-state index is 12.5. The molecule has 1 fully saturated rings. The fraction of sp³-hybridized carbons (Fsp3) is 0.500. The Labute approximate surface area is 175 Å². The Kier molecular flexibility index (Phi) is 6.06. The van der Waals surface area contributed by atoms with Crippen molar-refractivity contribution in [2.24, 2.45) is 0 Å². The van der Waals surface area contributed by atoms with Gasteiger partial charge in [0.1, 0.15) is 11.4 Å². The lowest BCUT2D eigenvalue weighted by Gasteiger charge is -2.33. The molecule has 0 bridgehead atoms. The van der Waals surface area contributed by atoms with Gasteiger partial charge >= 0.3 is 0 Å². The van der Waals surface area contributed by atoms with E-state index in [-0.39, 0.29) is 24.2 Å². The molecule has 2 aliphatic heterocycles. The zero-order chi connectivity index (χ0) is 20.3. The molecule has 0 radical (unpaired) electrons. The highest BCUT2D eigenvalue weighted by Crippen LogP contribution is 2.41. The Morgan fingerprint density at radius 2 is 2.10 bits per heavy atom. The van der Waals surface area contributed by atoms with Crippen LogP contribution in [0, 0.1) is 0 Å². The van der Waals surface area contributed by atoms with Crippen LogP contribution in [0.1, 0.15) is 31.2 Å². The molecule has 2 aromatic rings. The lowest BCUT2D eigenvalue weighted by atomic mass is 10.0. The normalized spacial score (nSPS) is 19.2. The van der Waals surface area contributed by atoms with E-state index in [2.05, 4.69) is 24.1 Å².